The first-order valence-corrected chi connectivity index (χ1v) is 10.7. The van der Waals surface area contributed by atoms with E-state index in [4.69, 9.17) is 11.6 Å². The maximum Gasteiger partial charge on any atom is 0.226 e. The van der Waals surface area contributed by atoms with Crippen molar-refractivity contribution in [1.82, 2.24) is 15.5 Å². The van der Waals surface area contributed by atoms with Crippen LogP contribution in [0, 0.1) is 6.92 Å². The van der Waals surface area contributed by atoms with Crippen molar-refractivity contribution in [3.8, 4) is 0 Å². The van der Waals surface area contributed by atoms with Gasteiger partial charge in [-0.3, -0.25) is 9.79 Å². The number of guanidine groups is 1. The highest BCUT2D eigenvalue weighted by atomic mass is 127. The van der Waals surface area contributed by atoms with Gasteiger partial charge < -0.3 is 20.9 Å². The molecular weight excluding hydrogens is 501 g/mol. The third-order valence-electron chi connectivity index (χ3n) is 4.82. The molecule has 1 fully saturated rings. The van der Waals surface area contributed by atoms with E-state index in [1.54, 1.807) is 0 Å². The average Bonchev–Trinajstić information content (AvgIpc) is 2.66. The Labute approximate surface area is 197 Å². The van der Waals surface area contributed by atoms with Gasteiger partial charge in [-0.2, -0.15) is 0 Å². The van der Waals surface area contributed by atoms with Crippen molar-refractivity contribution >= 4 is 53.1 Å². The second kappa shape index (κ2) is 14.0. The first-order chi connectivity index (χ1) is 13.5. The van der Waals surface area contributed by atoms with Gasteiger partial charge in [0.05, 0.1) is 17.3 Å². The highest BCUT2D eigenvalue weighted by Gasteiger charge is 2.19. The lowest BCUT2D eigenvalue weighted by Gasteiger charge is -2.32. The highest BCUT2D eigenvalue weighted by molar-refractivity contribution is 14.0. The Bertz CT molecular complexity index is 662. The van der Waals surface area contributed by atoms with Gasteiger partial charge in [0, 0.05) is 32.1 Å². The van der Waals surface area contributed by atoms with Crippen molar-refractivity contribution in [1.29, 1.82) is 0 Å². The van der Waals surface area contributed by atoms with Crippen molar-refractivity contribution in [2.45, 2.75) is 52.5 Å². The van der Waals surface area contributed by atoms with Gasteiger partial charge in [-0.15, -0.1) is 24.0 Å². The summed E-state index contributed by atoms with van der Waals surface area (Å²) in [4.78, 5) is 19.3. The average molecular weight is 536 g/mol. The van der Waals surface area contributed by atoms with Crippen LogP contribution in [-0.4, -0.2) is 55.5 Å². The van der Waals surface area contributed by atoms with Gasteiger partial charge in [-0.1, -0.05) is 24.6 Å². The van der Waals surface area contributed by atoms with E-state index in [0.29, 0.717) is 29.7 Å². The molecule has 164 valence electrons. The van der Waals surface area contributed by atoms with Crippen LogP contribution in [-0.2, 0) is 4.79 Å². The quantitative estimate of drug-likeness (QED) is 0.267. The van der Waals surface area contributed by atoms with Gasteiger partial charge in [0.15, 0.2) is 5.96 Å². The largest absolute Gasteiger partial charge is 0.357 e. The summed E-state index contributed by atoms with van der Waals surface area (Å²) in [6.07, 6.45) is 3.77. The Balaban J connectivity index is 0.00000420. The number of anilines is 1. The molecule has 1 aromatic carbocycles. The summed E-state index contributed by atoms with van der Waals surface area (Å²) in [7, 11) is 0. The molecule has 0 atom stereocenters. The zero-order chi connectivity index (χ0) is 20.4. The molecule has 0 spiro atoms. The summed E-state index contributed by atoms with van der Waals surface area (Å²) in [6.45, 7) is 10.9. The van der Waals surface area contributed by atoms with E-state index in [9.17, 15) is 4.79 Å². The van der Waals surface area contributed by atoms with E-state index in [1.165, 1.54) is 13.0 Å². The SMILES string of the molecule is CCCN1CCC(NC(=NCCC(=O)Nc2ccc(C)cc2Cl)NCC)CC1.I. The number of piperidine rings is 1. The molecule has 8 heteroatoms. The summed E-state index contributed by atoms with van der Waals surface area (Å²) in [5.74, 6) is 0.704. The third-order valence-corrected chi connectivity index (χ3v) is 5.13. The summed E-state index contributed by atoms with van der Waals surface area (Å²) in [5.41, 5.74) is 1.71. The molecule has 0 saturated carbocycles. The lowest BCUT2D eigenvalue weighted by atomic mass is 10.1. The maximum atomic E-state index is 12.2. The predicted octanol–water partition coefficient (Wildman–Crippen LogP) is 4.02. The molecule has 0 unspecified atom stereocenters. The van der Waals surface area contributed by atoms with Gasteiger partial charge in [-0.05, 0) is 57.4 Å². The Kier molecular flexibility index (Phi) is 12.6. The number of rotatable bonds is 8. The molecule has 0 aliphatic carbocycles. The van der Waals surface area contributed by atoms with Crippen LogP contribution >= 0.6 is 35.6 Å². The molecule has 1 aromatic rings. The number of halogens is 2. The fraction of sp³-hybridized carbons (Fsp3) is 0.619. The second-order valence-corrected chi connectivity index (χ2v) is 7.71. The molecule has 1 aliphatic heterocycles. The number of carbonyl (C=O) groups excluding carboxylic acids is 1. The van der Waals surface area contributed by atoms with Crippen molar-refractivity contribution in [2.75, 3.05) is 38.0 Å². The third kappa shape index (κ3) is 9.53. The summed E-state index contributed by atoms with van der Waals surface area (Å²) < 4.78 is 0. The number of nitrogens with zero attached hydrogens (tertiary/aromatic N) is 2. The highest BCUT2D eigenvalue weighted by Crippen LogP contribution is 2.22. The van der Waals surface area contributed by atoms with E-state index < -0.39 is 0 Å². The molecule has 1 aliphatic rings. The predicted molar refractivity (Wildman–Crippen MR) is 134 cm³/mol. The van der Waals surface area contributed by atoms with Crippen LogP contribution < -0.4 is 16.0 Å². The lowest BCUT2D eigenvalue weighted by molar-refractivity contribution is -0.116. The van der Waals surface area contributed by atoms with Gasteiger partial charge in [-0.25, -0.2) is 0 Å². The van der Waals surface area contributed by atoms with Crippen LogP contribution in [0.25, 0.3) is 0 Å². The number of benzene rings is 1. The van der Waals surface area contributed by atoms with E-state index in [1.807, 2.05) is 32.0 Å². The van der Waals surface area contributed by atoms with E-state index in [-0.39, 0.29) is 29.9 Å². The number of nitrogens with one attached hydrogen (secondary N) is 3. The maximum absolute atomic E-state index is 12.2. The number of carbonyl (C=O) groups is 1. The molecule has 3 N–H and O–H groups in total. The molecule has 0 radical (unpaired) electrons. The monoisotopic (exact) mass is 535 g/mol. The molecule has 0 bridgehead atoms. The topological polar surface area (TPSA) is 68.8 Å². The Morgan fingerprint density at radius 2 is 2.00 bits per heavy atom. The zero-order valence-corrected chi connectivity index (χ0v) is 20.8. The van der Waals surface area contributed by atoms with E-state index in [2.05, 4.69) is 32.8 Å². The number of aryl methyl sites for hydroxylation is 1. The number of aliphatic imine (C=N–C) groups is 1. The molecule has 1 amide bonds. The fourth-order valence-electron chi connectivity index (χ4n) is 3.33. The number of likely N-dealkylation sites (tertiary alicyclic amines) is 1. The number of hydrogen-bond acceptors (Lipinski definition) is 3. The summed E-state index contributed by atoms with van der Waals surface area (Å²) in [6, 6.07) is 6.04. The summed E-state index contributed by atoms with van der Waals surface area (Å²) in [5, 5.41) is 10.2. The zero-order valence-electron chi connectivity index (χ0n) is 17.8. The Morgan fingerprint density at radius 1 is 1.28 bits per heavy atom. The lowest BCUT2D eigenvalue weighted by Crippen LogP contribution is -2.48. The normalized spacial score (nSPS) is 15.5. The molecule has 6 nitrogen and oxygen atoms in total. The Morgan fingerprint density at radius 3 is 2.62 bits per heavy atom. The van der Waals surface area contributed by atoms with E-state index >= 15 is 0 Å². The first-order valence-electron chi connectivity index (χ1n) is 10.3. The van der Waals surface area contributed by atoms with Gasteiger partial charge >= 0.3 is 0 Å². The second-order valence-electron chi connectivity index (χ2n) is 7.30. The van der Waals surface area contributed by atoms with Crippen molar-refractivity contribution in [3.63, 3.8) is 0 Å². The smallest absolute Gasteiger partial charge is 0.226 e. The number of amides is 1. The van der Waals surface area contributed by atoms with Gasteiger partial charge in [0.1, 0.15) is 0 Å². The molecule has 2 rings (SSSR count). The van der Waals surface area contributed by atoms with Crippen LogP contribution in [0.5, 0.6) is 0 Å². The standard InChI is InChI=1S/C21H34ClN5O.HI/c1-4-12-27-13-9-17(10-14-27)25-21(23-5-2)24-11-8-20(28)26-19-7-6-16(3)15-18(19)22;/h6-7,15,17H,4-5,8-14H2,1-3H3,(H,26,28)(H2,23,24,25);1H. The minimum atomic E-state index is -0.0850. The van der Waals surface area contributed by atoms with Crippen LogP contribution in [0.4, 0.5) is 5.69 Å². The van der Waals surface area contributed by atoms with Crippen LogP contribution in [0.1, 0.15) is 45.1 Å². The van der Waals surface area contributed by atoms with Gasteiger partial charge in [0.25, 0.3) is 0 Å². The molecule has 0 aromatic heterocycles. The van der Waals surface area contributed by atoms with Crippen LogP contribution in [0.2, 0.25) is 5.02 Å². The molecular formula is C21H35ClIN5O. The summed E-state index contributed by atoms with van der Waals surface area (Å²) >= 11 is 6.17. The number of hydrogen-bond donors (Lipinski definition) is 3. The molecule has 1 heterocycles. The minimum Gasteiger partial charge on any atom is -0.357 e. The molecule has 29 heavy (non-hydrogen) atoms. The van der Waals surface area contributed by atoms with Crippen molar-refractivity contribution in [2.24, 2.45) is 4.99 Å². The van der Waals surface area contributed by atoms with E-state index in [0.717, 1.165) is 44.0 Å². The molecule has 1 saturated heterocycles. The first kappa shape index (κ1) is 26.0. The minimum absolute atomic E-state index is 0. The van der Waals surface area contributed by atoms with Crippen molar-refractivity contribution < 1.29 is 4.79 Å². The van der Waals surface area contributed by atoms with Crippen LogP contribution in [0.15, 0.2) is 23.2 Å². The van der Waals surface area contributed by atoms with Gasteiger partial charge in [0.2, 0.25) is 5.91 Å². The fourth-order valence-corrected chi connectivity index (χ4v) is 3.62. The van der Waals surface area contributed by atoms with Crippen molar-refractivity contribution in [3.05, 3.63) is 28.8 Å². The van der Waals surface area contributed by atoms with Crippen LogP contribution in [0.3, 0.4) is 0 Å². The Hall–Kier alpha value is -1.06.